The van der Waals surface area contributed by atoms with E-state index in [4.69, 9.17) is 10.2 Å². The fourth-order valence-corrected chi connectivity index (χ4v) is 1.81. The molecule has 1 heterocycles. The zero-order chi connectivity index (χ0) is 13.0. The second kappa shape index (κ2) is 5.83. The van der Waals surface area contributed by atoms with Crippen molar-refractivity contribution in [2.45, 2.75) is 19.5 Å². The van der Waals surface area contributed by atoms with E-state index in [0.717, 1.165) is 4.47 Å². The first-order valence-corrected chi connectivity index (χ1v) is 5.79. The molecule has 1 rings (SSSR count). The molecule has 0 saturated heterocycles. The molecule has 1 amide bonds. The molecule has 0 saturated carbocycles. The van der Waals surface area contributed by atoms with Crippen LogP contribution in [0.3, 0.4) is 0 Å². The largest absolute Gasteiger partial charge is 0.480 e. The van der Waals surface area contributed by atoms with Crippen LogP contribution in [-0.2, 0) is 11.3 Å². The summed E-state index contributed by atoms with van der Waals surface area (Å²) in [6.07, 6.45) is 1.73. The first kappa shape index (κ1) is 13.7. The summed E-state index contributed by atoms with van der Waals surface area (Å²) >= 11 is 3.24. The number of nitrogens with zero attached hydrogens (tertiary/aromatic N) is 1. The van der Waals surface area contributed by atoms with Gasteiger partial charge in [-0.1, -0.05) is 0 Å². The fraction of sp³-hybridized carbons (Fsp3) is 0.400. The number of nitrogens with one attached hydrogen (secondary N) is 1. The quantitative estimate of drug-likeness (QED) is 0.736. The summed E-state index contributed by atoms with van der Waals surface area (Å²) in [6, 6.07) is 0.302. The number of carboxylic acid groups (broad SMARTS) is 1. The molecule has 0 aromatic carbocycles. The Labute approximate surface area is 106 Å². The van der Waals surface area contributed by atoms with Crippen LogP contribution in [0.5, 0.6) is 0 Å². The highest BCUT2D eigenvalue weighted by Crippen LogP contribution is 2.15. The lowest BCUT2D eigenvalue weighted by molar-refractivity contribution is -0.140. The van der Waals surface area contributed by atoms with E-state index in [1.54, 1.807) is 16.8 Å². The van der Waals surface area contributed by atoms with Crippen LogP contribution in [0.15, 0.2) is 16.7 Å². The standard InChI is InChI=1S/C10H13BrN2O4/c1-2-13-4-6(11)3-8(13)9(15)12-7(5-14)10(16)17/h3-4,7,14H,2,5H2,1H3,(H,12,15)(H,16,17)/t7-/m1/s1. The predicted molar refractivity (Wildman–Crippen MR) is 63.8 cm³/mol. The third-order valence-corrected chi connectivity index (χ3v) is 2.66. The number of aliphatic hydroxyl groups excluding tert-OH is 1. The van der Waals surface area contributed by atoms with Gasteiger partial charge in [0, 0.05) is 17.2 Å². The summed E-state index contributed by atoms with van der Waals surface area (Å²) in [5.74, 6) is -1.80. The maximum atomic E-state index is 11.8. The first-order chi connectivity index (χ1) is 7.99. The summed E-state index contributed by atoms with van der Waals surface area (Å²) in [7, 11) is 0. The zero-order valence-corrected chi connectivity index (χ0v) is 10.8. The molecule has 94 valence electrons. The van der Waals surface area contributed by atoms with E-state index >= 15 is 0 Å². The van der Waals surface area contributed by atoms with Crippen LogP contribution in [0.4, 0.5) is 0 Å². The van der Waals surface area contributed by atoms with Gasteiger partial charge in [-0.3, -0.25) is 4.79 Å². The number of rotatable bonds is 5. The molecule has 1 atom stereocenters. The van der Waals surface area contributed by atoms with Crippen molar-refractivity contribution in [3.63, 3.8) is 0 Å². The smallest absolute Gasteiger partial charge is 0.328 e. The van der Waals surface area contributed by atoms with Crippen LogP contribution in [-0.4, -0.2) is 39.3 Å². The fourth-order valence-electron chi connectivity index (χ4n) is 1.34. The minimum Gasteiger partial charge on any atom is -0.480 e. The van der Waals surface area contributed by atoms with Gasteiger partial charge in [-0.05, 0) is 28.9 Å². The normalized spacial score (nSPS) is 12.2. The highest BCUT2D eigenvalue weighted by Gasteiger charge is 2.21. The summed E-state index contributed by atoms with van der Waals surface area (Å²) in [6.45, 7) is 1.81. The number of halogens is 1. The first-order valence-electron chi connectivity index (χ1n) is 4.99. The topological polar surface area (TPSA) is 91.6 Å². The van der Waals surface area contributed by atoms with Crippen molar-refractivity contribution in [3.8, 4) is 0 Å². The number of hydrogen-bond acceptors (Lipinski definition) is 3. The number of aliphatic hydroxyl groups is 1. The molecule has 3 N–H and O–H groups in total. The number of aliphatic carboxylic acids is 1. The summed E-state index contributed by atoms with van der Waals surface area (Å²) < 4.78 is 2.41. The lowest BCUT2D eigenvalue weighted by Gasteiger charge is -2.12. The Bertz CT molecular complexity index is 430. The average molecular weight is 305 g/mol. The summed E-state index contributed by atoms with van der Waals surface area (Å²) in [4.78, 5) is 22.5. The number of amides is 1. The zero-order valence-electron chi connectivity index (χ0n) is 9.18. The van der Waals surface area contributed by atoms with Gasteiger partial charge < -0.3 is 20.1 Å². The van der Waals surface area contributed by atoms with Crippen LogP contribution in [0.2, 0.25) is 0 Å². The van der Waals surface area contributed by atoms with Gasteiger partial charge in [0.25, 0.3) is 5.91 Å². The number of aryl methyl sites for hydroxylation is 1. The van der Waals surface area contributed by atoms with Crippen molar-refractivity contribution in [3.05, 3.63) is 22.4 Å². The van der Waals surface area contributed by atoms with Gasteiger partial charge in [-0.15, -0.1) is 0 Å². The van der Waals surface area contributed by atoms with Gasteiger partial charge in [0.2, 0.25) is 0 Å². The third-order valence-electron chi connectivity index (χ3n) is 2.22. The van der Waals surface area contributed by atoms with E-state index in [1.165, 1.54) is 0 Å². The number of carbonyl (C=O) groups is 2. The Morgan fingerprint density at radius 1 is 1.59 bits per heavy atom. The number of hydrogen-bond donors (Lipinski definition) is 3. The van der Waals surface area contributed by atoms with Crippen LogP contribution < -0.4 is 5.32 Å². The minimum absolute atomic E-state index is 0.346. The van der Waals surface area contributed by atoms with Crippen LogP contribution >= 0.6 is 15.9 Å². The molecular formula is C10H13BrN2O4. The van der Waals surface area contributed by atoms with E-state index in [1.807, 2.05) is 6.92 Å². The second-order valence-electron chi connectivity index (χ2n) is 3.38. The monoisotopic (exact) mass is 304 g/mol. The molecule has 0 bridgehead atoms. The molecular weight excluding hydrogens is 292 g/mol. The Balaban J connectivity index is 2.85. The lowest BCUT2D eigenvalue weighted by Crippen LogP contribution is -2.43. The van der Waals surface area contributed by atoms with Crippen molar-refractivity contribution >= 4 is 27.8 Å². The predicted octanol–water partition coefficient (Wildman–Crippen LogP) is 0.446. The number of aromatic nitrogens is 1. The van der Waals surface area contributed by atoms with Crippen LogP contribution in [0.25, 0.3) is 0 Å². The molecule has 0 aliphatic heterocycles. The van der Waals surface area contributed by atoms with E-state index < -0.39 is 24.5 Å². The molecule has 1 aromatic rings. The molecule has 0 aliphatic rings. The number of carboxylic acids is 1. The highest BCUT2D eigenvalue weighted by atomic mass is 79.9. The minimum atomic E-state index is -1.29. The van der Waals surface area contributed by atoms with Crippen molar-refractivity contribution in [1.82, 2.24) is 9.88 Å². The second-order valence-corrected chi connectivity index (χ2v) is 4.29. The Kier molecular flexibility index (Phi) is 4.71. The molecule has 0 spiro atoms. The van der Waals surface area contributed by atoms with Crippen LogP contribution in [0.1, 0.15) is 17.4 Å². The molecule has 6 nitrogen and oxygen atoms in total. The summed E-state index contributed by atoms with van der Waals surface area (Å²) in [5, 5.41) is 19.8. The number of carbonyl (C=O) groups excluding carboxylic acids is 1. The van der Waals surface area contributed by atoms with E-state index in [2.05, 4.69) is 21.2 Å². The van der Waals surface area contributed by atoms with Gasteiger partial charge in [0.05, 0.1) is 6.61 Å². The molecule has 0 radical (unpaired) electrons. The van der Waals surface area contributed by atoms with E-state index in [9.17, 15) is 9.59 Å². The van der Waals surface area contributed by atoms with Crippen molar-refractivity contribution in [2.24, 2.45) is 0 Å². The van der Waals surface area contributed by atoms with Crippen molar-refractivity contribution in [2.75, 3.05) is 6.61 Å². The Hall–Kier alpha value is -1.34. The van der Waals surface area contributed by atoms with Crippen molar-refractivity contribution < 1.29 is 19.8 Å². The molecule has 0 aliphatic carbocycles. The Morgan fingerprint density at radius 3 is 2.71 bits per heavy atom. The average Bonchev–Trinajstić information content (AvgIpc) is 2.66. The highest BCUT2D eigenvalue weighted by molar-refractivity contribution is 9.10. The summed E-state index contributed by atoms with van der Waals surface area (Å²) in [5.41, 5.74) is 0.346. The van der Waals surface area contributed by atoms with Gasteiger partial charge in [0.15, 0.2) is 6.04 Å². The lowest BCUT2D eigenvalue weighted by atomic mass is 10.3. The van der Waals surface area contributed by atoms with Gasteiger partial charge >= 0.3 is 5.97 Å². The maximum absolute atomic E-state index is 11.8. The third kappa shape index (κ3) is 3.31. The van der Waals surface area contributed by atoms with Crippen molar-refractivity contribution in [1.29, 1.82) is 0 Å². The molecule has 0 fully saturated rings. The van der Waals surface area contributed by atoms with E-state index in [0.29, 0.717) is 12.2 Å². The molecule has 1 aromatic heterocycles. The van der Waals surface area contributed by atoms with Gasteiger partial charge in [0.1, 0.15) is 5.69 Å². The SMILES string of the molecule is CCn1cc(Br)cc1C(=O)N[C@H](CO)C(=O)O. The Morgan fingerprint density at radius 2 is 2.24 bits per heavy atom. The van der Waals surface area contributed by atoms with Crippen LogP contribution in [0, 0.1) is 0 Å². The van der Waals surface area contributed by atoms with Gasteiger partial charge in [-0.25, -0.2) is 4.79 Å². The molecule has 17 heavy (non-hydrogen) atoms. The molecule has 7 heteroatoms. The van der Waals surface area contributed by atoms with E-state index in [-0.39, 0.29) is 0 Å². The maximum Gasteiger partial charge on any atom is 0.328 e. The van der Waals surface area contributed by atoms with Gasteiger partial charge in [-0.2, -0.15) is 0 Å². The molecule has 0 unspecified atom stereocenters.